The van der Waals surface area contributed by atoms with Crippen LogP contribution < -0.4 is 24.4 Å². The minimum Gasteiger partial charge on any atom is -0.497 e. The molecule has 0 radical (unpaired) electrons. The third kappa shape index (κ3) is 5.56. The fraction of sp³-hybridized carbons (Fsp3) is 0.200. The molecule has 8 heteroatoms. The van der Waals surface area contributed by atoms with Crippen molar-refractivity contribution in [3.05, 3.63) is 77.3 Å². The number of benzene rings is 3. The number of rotatable bonds is 8. The fourth-order valence-electron chi connectivity index (χ4n) is 3.41. The van der Waals surface area contributed by atoms with Crippen LogP contribution in [-0.4, -0.2) is 38.7 Å². The first-order chi connectivity index (χ1) is 16.0. The molecule has 0 aromatic heterocycles. The predicted molar refractivity (Wildman–Crippen MR) is 127 cm³/mol. The zero-order chi connectivity index (χ0) is 23.2. The average molecular weight is 467 g/mol. The second-order valence-corrected chi connectivity index (χ2v) is 7.79. The number of carbonyl (C=O) groups is 2. The van der Waals surface area contributed by atoms with E-state index in [9.17, 15) is 9.59 Å². The Morgan fingerprint density at radius 3 is 2.52 bits per heavy atom. The lowest BCUT2D eigenvalue weighted by Crippen LogP contribution is -2.39. The number of methoxy groups -OCH3 is 1. The monoisotopic (exact) mass is 466 g/mol. The normalized spacial score (nSPS) is 12.5. The van der Waals surface area contributed by atoms with Gasteiger partial charge in [-0.2, -0.15) is 0 Å². The number of hydrogen-bond donors (Lipinski definition) is 1. The molecule has 4 rings (SSSR count). The molecule has 170 valence electrons. The van der Waals surface area contributed by atoms with Crippen LogP contribution in [0.4, 0.5) is 11.4 Å². The van der Waals surface area contributed by atoms with E-state index in [4.69, 9.17) is 25.8 Å². The summed E-state index contributed by atoms with van der Waals surface area (Å²) in [7, 11) is 1.57. The van der Waals surface area contributed by atoms with Gasteiger partial charge in [0.25, 0.3) is 11.8 Å². The molecule has 0 saturated carbocycles. The van der Waals surface area contributed by atoms with Crippen molar-refractivity contribution in [2.24, 2.45) is 0 Å². The second-order valence-electron chi connectivity index (χ2n) is 7.36. The highest BCUT2D eigenvalue weighted by atomic mass is 35.5. The van der Waals surface area contributed by atoms with E-state index in [2.05, 4.69) is 5.32 Å². The van der Waals surface area contributed by atoms with Crippen LogP contribution in [0.25, 0.3) is 0 Å². The number of ether oxygens (including phenoxy) is 3. The standard InChI is InChI=1S/C25H23ClN2O5/c1-31-20-8-3-17(4-9-20)25(30)27-19-7-12-23-22(15-19)28(24(29)16-33-23)13-2-14-32-21-10-5-18(26)6-11-21/h3-12,15H,2,13-14,16H2,1H3,(H,27,30). The van der Waals surface area contributed by atoms with Crippen molar-refractivity contribution in [3.8, 4) is 17.2 Å². The number of hydrogen-bond acceptors (Lipinski definition) is 5. The lowest BCUT2D eigenvalue weighted by Gasteiger charge is -2.30. The molecule has 1 N–H and O–H groups in total. The topological polar surface area (TPSA) is 77.1 Å². The van der Waals surface area contributed by atoms with Gasteiger partial charge in [-0.3, -0.25) is 9.59 Å². The maximum atomic E-state index is 12.6. The van der Waals surface area contributed by atoms with Crippen LogP contribution in [0.3, 0.4) is 0 Å². The van der Waals surface area contributed by atoms with Crippen LogP contribution in [0.2, 0.25) is 5.02 Å². The summed E-state index contributed by atoms with van der Waals surface area (Å²) in [6.07, 6.45) is 0.621. The van der Waals surface area contributed by atoms with Gasteiger partial charge in [-0.25, -0.2) is 0 Å². The maximum absolute atomic E-state index is 12.6. The summed E-state index contributed by atoms with van der Waals surface area (Å²) in [5.74, 6) is 1.58. The van der Waals surface area contributed by atoms with Gasteiger partial charge in [-0.1, -0.05) is 11.6 Å². The average Bonchev–Trinajstić information content (AvgIpc) is 2.84. The summed E-state index contributed by atoms with van der Waals surface area (Å²) >= 11 is 5.89. The van der Waals surface area contributed by atoms with E-state index in [-0.39, 0.29) is 18.4 Å². The molecule has 0 fully saturated rings. The molecule has 0 unspecified atom stereocenters. The molecule has 33 heavy (non-hydrogen) atoms. The molecule has 2 amide bonds. The molecule has 1 heterocycles. The van der Waals surface area contributed by atoms with Crippen molar-refractivity contribution in [1.29, 1.82) is 0 Å². The van der Waals surface area contributed by atoms with E-state index < -0.39 is 0 Å². The number of fused-ring (bicyclic) bond motifs is 1. The molecule has 3 aromatic carbocycles. The van der Waals surface area contributed by atoms with E-state index >= 15 is 0 Å². The van der Waals surface area contributed by atoms with Gasteiger partial charge in [0, 0.05) is 22.8 Å². The highest BCUT2D eigenvalue weighted by Gasteiger charge is 2.25. The lowest BCUT2D eigenvalue weighted by molar-refractivity contribution is -0.121. The first-order valence-corrected chi connectivity index (χ1v) is 10.8. The van der Waals surface area contributed by atoms with Gasteiger partial charge in [-0.15, -0.1) is 0 Å². The Kier molecular flexibility index (Phi) is 7.00. The van der Waals surface area contributed by atoms with Crippen LogP contribution in [0.5, 0.6) is 17.2 Å². The van der Waals surface area contributed by atoms with E-state index in [1.807, 2.05) is 0 Å². The Morgan fingerprint density at radius 2 is 1.79 bits per heavy atom. The van der Waals surface area contributed by atoms with Crippen molar-refractivity contribution in [3.63, 3.8) is 0 Å². The Hall–Kier alpha value is -3.71. The van der Waals surface area contributed by atoms with E-state index in [0.717, 1.165) is 5.75 Å². The number of nitrogens with one attached hydrogen (secondary N) is 1. The van der Waals surface area contributed by atoms with Gasteiger partial charge in [0.05, 0.1) is 19.4 Å². The molecule has 0 bridgehead atoms. The van der Waals surface area contributed by atoms with E-state index in [1.165, 1.54) is 0 Å². The van der Waals surface area contributed by atoms with Crippen LogP contribution in [-0.2, 0) is 4.79 Å². The van der Waals surface area contributed by atoms with Crippen LogP contribution >= 0.6 is 11.6 Å². The van der Waals surface area contributed by atoms with E-state index in [0.29, 0.717) is 53.0 Å². The maximum Gasteiger partial charge on any atom is 0.265 e. The highest BCUT2D eigenvalue weighted by molar-refractivity contribution is 6.30. The molecular weight excluding hydrogens is 444 g/mol. The minimum atomic E-state index is -0.261. The predicted octanol–water partition coefficient (Wildman–Crippen LogP) is 4.80. The van der Waals surface area contributed by atoms with E-state index in [1.54, 1.807) is 78.7 Å². The zero-order valence-corrected chi connectivity index (χ0v) is 18.8. The van der Waals surface area contributed by atoms with Crippen LogP contribution in [0.15, 0.2) is 66.7 Å². The van der Waals surface area contributed by atoms with Crippen molar-refractivity contribution in [1.82, 2.24) is 0 Å². The Bertz CT molecular complexity index is 1130. The van der Waals surface area contributed by atoms with Crippen LogP contribution in [0, 0.1) is 0 Å². The molecule has 0 aliphatic carbocycles. The Balaban J connectivity index is 1.41. The van der Waals surface area contributed by atoms with Crippen molar-refractivity contribution in [2.75, 3.05) is 37.1 Å². The summed E-state index contributed by atoms with van der Waals surface area (Å²) < 4.78 is 16.4. The number of amides is 2. The van der Waals surface area contributed by atoms with Gasteiger partial charge in [0.15, 0.2) is 6.61 Å². The lowest BCUT2D eigenvalue weighted by atomic mass is 10.1. The quantitative estimate of drug-likeness (QED) is 0.483. The summed E-state index contributed by atoms with van der Waals surface area (Å²) in [6, 6.07) is 19.2. The molecular formula is C25H23ClN2O5. The first kappa shape index (κ1) is 22.5. The third-order valence-corrected chi connectivity index (χ3v) is 5.37. The van der Waals surface area contributed by atoms with Gasteiger partial charge >= 0.3 is 0 Å². The molecule has 7 nitrogen and oxygen atoms in total. The largest absolute Gasteiger partial charge is 0.497 e. The summed E-state index contributed by atoms with van der Waals surface area (Å²) in [5, 5.41) is 3.51. The SMILES string of the molecule is COc1ccc(C(=O)Nc2ccc3c(c2)N(CCCOc2ccc(Cl)cc2)C(=O)CO3)cc1. The zero-order valence-electron chi connectivity index (χ0n) is 18.0. The molecule has 3 aromatic rings. The molecule has 1 aliphatic heterocycles. The number of halogens is 1. The third-order valence-electron chi connectivity index (χ3n) is 5.12. The van der Waals surface area contributed by atoms with Gasteiger partial charge < -0.3 is 24.4 Å². The summed E-state index contributed by atoms with van der Waals surface area (Å²) in [6.45, 7) is 0.872. The first-order valence-electron chi connectivity index (χ1n) is 10.4. The summed E-state index contributed by atoms with van der Waals surface area (Å²) in [4.78, 5) is 26.8. The Labute approximate surface area is 196 Å². The molecule has 1 aliphatic rings. The number of carbonyl (C=O) groups excluding carboxylic acids is 2. The van der Waals surface area contributed by atoms with Crippen molar-refractivity contribution >= 4 is 34.8 Å². The van der Waals surface area contributed by atoms with Crippen LogP contribution in [0.1, 0.15) is 16.8 Å². The molecule has 0 atom stereocenters. The van der Waals surface area contributed by atoms with Gasteiger partial charge in [0.2, 0.25) is 0 Å². The number of anilines is 2. The van der Waals surface area contributed by atoms with Gasteiger partial charge in [0.1, 0.15) is 17.2 Å². The fourth-order valence-corrected chi connectivity index (χ4v) is 3.54. The van der Waals surface area contributed by atoms with Gasteiger partial charge in [-0.05, 0) is 73.2 Å². The minimum absolute atomic E-state index is 0.0252. The highest BCUT2D eigenvalue weighted by Crippen LogP contribution is 2.35. The smallest absolute Gasteiger partial charge is 0.265 e. The molecule has 0 spiro atoms. The number of nitrogens with zero attached hydrogens (tertiary/aromatic N) is 1. The second kappa shape index (κ2) is 10.3. The van der Waals surface area contributed by atoms with Crippen molar-refractivity contribution in [2.45, 2.75) is 6.42 Å². The summed E-state index contributed by atoms with van der Waals surface area (Å²) in [5.41, 5.74) is 1.68. The Morgan fingerprint density at radius 1 is 1.06 bits per heavy atom. The molecule has 0 saturated heterocycles. The van der Waals surface area contributed by atoms with Crippen molar-refractivity contribution < 1.29 is 23.8 Å².